The Labute approximate surface area is 190 Å². The molecule has 1 saturated heterocycles. The molecule has 0 aromatic heterocycles. The van der Waals surface area contributed by atoms with E-state index < -0.39 is 16.1 Å². The number of nitrogens with one attached hydrogen (secondary N) is 1. The van der Waals surface area contributed by atoms with Crippen LogP contribution in [0.2, 0.25) is 0 Å². The van der Waals surface area contributed by atoms with Crippen LogP contribution in [0, 0.1) is 26.7 Å². The number of aryl methyl sites for hydroxylation is 3. The molecule has 1 atom stereocenters. The Kier molecular flexibility index (Phi) is 7.36. The highest BCUT2D eigenvalue weighted by molar-refractivity contribution is 7.89. The smallest absolute Gasteiger partial charge is 0.241 e. The third kappa shape index (κ3) is 5.55. The molecule has 0 saturated carbocycles. The summed E-state index contributed by atoms with van der Waals surface area (Å²) in [7, 11) is -3.94. The Hall–Kier alpha value is -2.71. The molecule has 0 unspecified atom stereocenters. The summed E-state index contributed by atoms with van der Waals surface area (Å²) >= 11 is 0. The Morgan fingerprint density at radius 3 is 2.16 bits per heavy atom. The molecule has 3 N–H and O–H groups in total. The van der Waals surface area contributed by atoms with Gasteiger partial charge < -0.3 is 10.6 Å². The van der Waals surface area contributed by atoms with Gasteiger partial charge in [-0.1, -0.05) is 48.0 Å². The van der Waals surface area contributed by atoms with E-state index in [-0.39, 0.29) is 29.0 Å². The molecule has 1 heterocycles. The van der Waals surface area contributed by atoms with E-state index >= 15 is 0 Å². The number of sulfonamides is 1. The number of likely N-dealkylation sites (tertiary alicyclic amines) is 1. The number of amides is 2. The number of carbonyl (C=O) groups is 2. The molecule has 0 bridgehead atoms. The van der Waals surface area contributed by atoms with Crippen LogP contribution >= 0.6 is 0 Å². The molecule has 8 heteroatoms. The van der Waals surface area contributed by atoms with Crippen molar-refractivity contribution in [2.75, 3.05) is 13.1 Å². The SMILES string of the molecule is Cc1cc(C)c(S(=O)(=O)N[C@@H](Cc2ccccc2)C(=O)N2CCC(C(N)=O)CC2)c(C)c1. The molecule has 1 fully saturated rings. The first-order chi connectivity index (χ1) is 15.1. The summed E-state index contributed by atoms with van der Waals surface area (Å²) in [4.78, 5) is 26.7. The summed E-state index contributed by atoms with van der Waals surface area (Å²) in [5.41, 5.74) is 8.53. The largest absolute Gasteiger partial charge is 0.369 e. The van der Waals surface area contributed by atoms with E-state index in [1.54, 1.807) is 18.7 Å². The van der Waals surface area contributed by atoms with Gasteiger partial charge in [0.05, 0.1) is 4.90 Å². The standard InChI is InChI=1S/C24H31N3O4S/c1-16-13-17(2)22(18(3)14-16)32(30,31)26-21(15-19-7-5-4-6-8-19)24(29)27-11-9-20(10-12-27)23(25)28/h4-8,13-14,20-21,26H,9-12,15H2,1-3H3,(H2,25,28)/t21-/m0/s1. The van der Waals surface area contributed by atoms with Crippen molar-refractivity contribution in [2.45, 2.75) is 51.0 Å². The maximum absolute atomic E-state index is 13.4. The molecule has 172 valence electrons. The van der Waals surface area contributed by atoms with Gasteiger partial charge in [0, 0.05) is 19.0 Å². The van der Waals surface area contributed by atoms with Crippen molar-refractivity contribution in [2.24, 2.45) is 11.7 Å². The van der Waals surface area contributed by atoms with Crippen LogP contribution in [0.5, 0.6) is 0 Å². The number of nitrogens with zero attached hydrogens (tertiary/aromatic N) is 1. The lowest BCUT2D eigenvalue weighted by Gasteiger charge is -2.33. The van der Waals surface area contributed by atoms with Gasteiger partial charge in [0.2, 0.25) is 21.8 Å². The monoisotopic (exact) mass is 457 g/mol. The fourth-order valence-electron chi connectivity index (χ4n) is 4.47. The maximum atomic E-state index is 13.4. The zero-order chi connectivity index (χ0) is 23.5. The third-order valence-electron chi connectivity index (χ3n) is 5.96. The van der Waals surface area contributed by atoms with Crippen LogP contribution in [0.25, 0.3) is 0 Å². The van der Waals surface area contributed by atoms with Crippen molar-refractivity contribution in [1.82, 2.24) is 9.62 Å². The number of rotatable bonds is 7. The van der Waals surface area contributed by atoms with Crippen molar-refractivity contribution in [1.29, 1.82) is 0 Å². The van der Waals surface area contributed by atoms with Crippen molar-refractivity contribution in [3.63, 3.8) is 0 Å². The molecule has 7 nitrogen and oxygen atoms in total. The van der Waals surface area contributed by atoms with Crippen molar-refractivity contribution >= 4 is 21.8 Å². The first-order valence-electron chi connectivity index (χ1n) is 10.8. The zero-order valence-corrected chi connectivity index (χ0v) is 19.6. The normalized spacial score (nSPS) is 16.0. The van der Waals surface area contributed by atoms with Crippen LogP contribution in [-0.4, -0.2) is 44.3 Å². The minimum absolute atomic E-state index is 0.210. The summed E-state index contributed by atoms with van der Waals surface area (Å²) in [5.74, 6) is -0.895. The molecule has 1 aliphatic rings. The van der Waals surface area contributed by atoms with E-state index in [0.29, 0.717) is 37.1 Å². The number of piperidine rings is 1. The lowest BCUT2D eigenvalue weighted by molar-refractivity contribution is -0.136. The van der Waals surface area contributed by atoms with Crippen LogP contribution in [0.4, 0.5) is 0 Å². The molecule has 0 radical (unpaired) electrons. The number of primary amides is 1. The summed E-state index contributed by atoms with van der Waals surface area (Å²) in [6, 6.07) is 12.0. The van der Waals surface area contributed by atoms with Crippen LogP contribution in [0.15, 0.2) is 47.4 Å². The van der Waals surface area contributed by atoms with Gasteiger partial charge in [-0.25, -0.2) is 8.42 Å². The Balaban J connectivity index is 1.88. The molecule has 0 spiro atoms. The van der Waals surface area contributed by atoms with Crippen LogP contribution in [0.1, 0.15) is 35.1 Å². The fraction of sp³-hybridized carbons (Fsp3) is 0.417. The second-order valence-corrected chi connectivity index (χ2v) is 10.2. The van der Waals surface area contributed by atoms with Gasteiger partial charge >= 0.3 is 0 Å². The predicted molar refractivity (Wildman–Crippen MR) is 123 cm³/mol. The Morgan fingerprint density at radius 2 is 1.62 bits per heavy atom. The van der Waals surface area contributed by atoms with Crippen LogP contribution in [-0.2, 0) is 26.0 Å². The second-order valence-electron chi connectivity index (χ2n) is 8.59. The lowest BCUT2D eigenvalue weighted by Crippen LogP contribution is -2.52. The van der Waals surface area contributed by atoms with Crippen molar-refractivity contribution in [3.05, 3.63) is 64.7 Å². The summed E-state index contributed by atoms with van der Waals surface area (Å²) in [6.45, 7) is 6.19. The molecular weight excluding hydrogens is 426 g/mol. The van der Waals surface area contributed by atoms with Crippen molar-refractivity contribution < 1.29 is 18.0 Å². The number of hydrogen-bond donors (Lipinski definition) is 2. The average molecular weight is 458 g/mol. The van der Waals surface area contributed by atoms with Crippen LogP contribution in [0.3, 0.4) is 0 Å². The summed E-state index contributed by atoms with van der Waals surface area (Å²) in [5, 5.41) is 0. The topological polar surface area (TPSA) is 110 Å². The van der Waals surface area contributed by atoms with E-state index in [1.165, 1.54) is 0 Å². The van der Waals surface area contributed by atoms with Gasteiger partial charge in [-0.2, -0.15) is 4.72 Å². The second kappa shape index (κ2) is 9.83. The maximum Gasteiger partial charge on any atom is 0.241 e. The zero-order valence-electron chi connectivity index (χ0n) is 18.8. The fourth-order valence-corrected chi connectivity index (χ4v) is 6.11. The molecule has 2 amide bonds. The first kappa shape index (κ1) is 23.9. The number of benzene rings is 2. The molecular formula is C24H31N3O4S. The van der Waals surface area contributed by atoms with E-state index in [1.807, 2.05) is 49.4 Å². The molecule has 2 aromatic rings. The van der Waals surface area contributed by atoms with E-state index in [4.69, 9.17) is 5.73 Å². The minimum Gasteiger partial charge on any atom is -0.369 e. The summed E-state index contributed by atoms with van der Waals surface area (Å²) < 4.78 is 29.4. The van der Waals surface area contributed by atoms with Gasteiger partial charge in [0.1, 0.15) is 6.04 Å². The summed E-state index contributed by atoms with van der Waals surface area (Å²) in [6.07, 6.45) is 1.21. The highest BCUT2D eigenvalue weighted by Crippen LogP contribution is 2.23. The molecule has 3 rings (SSSR count). The third-order valence-corrected chi connectivity index (χ3v) is 7.74. The lowest BCUT2D eigenvalue weighted by atomic mass is 9.95. The van der Waals surface area contributed by atoms with E-state index in [2.05, 4.69) is 4.72 Å². The van der Waals surface area contributed by atoms with E-state index in [9.17, 15) is 18.0 Å². The van der Waals surface area contributed by atoms with Crippen LogP contribution < -0.4 is 10.5 Å². The quantitative estimate of drug-likeness (QED) is 0.664. The van der Waals surface area contributed by atoms with Crippen molar-refractivity contribution in [3.8, 4) is 0 Å². The number of nitrogens with two attached hydrogens (primary N) is 1. The van der Waals surface area contributed by atoms with Gasteiger partial charge in [0.15, 0.2) is 0 Å². The Bertz CT molecular complexity index is 1070. The van der Waals surface area contributed by atoms with Gasteiger partial charge in [0.25, 0.3) is 0 Å². The molecule has 32 heavy (non-hydrogen) atoms. The van der Waals surface area contributed by atoms with E-state index in [0.717, 1.165) is 11.1 Å². The van der Waals surface area contributed by atoms with Gasteiger partial charge in [-0.15, -0.1) is 0 Å². The first-order valence-corrected chi connectivity index (χ1v) is 12.3. The molecule has 2 aromatic carbocycles. The Morgan fingerprint density at radius 1 is 1.06 bits per heavy atom. The highest BCUT2D eigenvalue weighted by Gasteiger charge is 2.33. The number of hydrogen-bond acceptors (Lipinski definition) is 4. The van der Waals surface area contributed by atoms with Gasteiger partial charge in [-0.3, -0.25) is 9.59 Å². The molecule has 0 aliphatic carbocycles. The number of carbonyl (C=O) groups excluding carboxylic acids is 2. The average Bonchev–Trinajstić information content (AvgIpc) is 2.72. The van der Waals surface area contributed by atoms with Gasteiger partial charge in [-0.05, 0) is 56.7 Å². The minimum atomic E-state index is -3.94. The predicted octanol–water partition coefficient (Wildman–Crippen LogP) is 2.23. The molecule has 1 aliphatic heterocycles. The highest BCUT2D eigenvalue weighted by atomic mass is 32.2.